The molecule has 0 spiro atoms. The van der Waals surface area contributed by atoms with Gasteiger partial charge >= 0.3 is 0 Å². The normalized spacial score (nSPS) is 11.4. The van der Waals surface area contributed by atoms with Crippen molar-refractivity contribution < 1.29 is 9.53 Å². The number of hydrogen-bond acceptors (Lipinski definition) is 6. The molecule has 0 atom stereocenters. The van der Waals surface area contributed by atoms with Crippen molar-refractivity contribution in [3.8, 4) is 5.75 Å². The van der Waals surface area contributed by atoms with Crippen LogP contribution in [0.1, 0.15) is 16.2 Å². The molecule has 27 heavy (non-hydrogen) atoms. The fourth-order valence-electron chi connectivity index (χ4n) is 2.75. The van der Waals surface area contributed by atoms with E-state index in [4.69, 9.17) is 16.3 Å². The van der Waals surface area contributed by atoms with E-state index in [0.717, 1.165) is 10.4 Å². The van der Waals surface area contributed by atoms with Crippen molar-refractivity contribution in [2.45, 2.75) is 6.92 Å². The summed E-state index contributed by atoms with van der Waals surface area (Å²) in [6, 6.07) is 5.34. The zero-order valence-electron chi connectivity index (χ0n) is 16.0. The van der Waals surface area contributed by atoms with E-state index in [-0.39, 0.29) is 5.91 Å². The molecule has 2 aromatic heterocycles. The first-order chi connectivity index (χ1) is 12.8. The minimum Gasteiger partial charge on any atom is -0.494 e. The molecule has 0 unspecified atom stereocenters. The average Bonchev–Trinajstić information content (AvgIpc) is 3.19. The number of amides is 1. The maximum absolute atomic E-state index is 13.3. The number of hydrogen-bond donors (Lipinski definition) is 0. The second kappa shape index (κ2) is 7.84. The number of ether oxygens (including phenoxy) is 1. The Bertz CT molecular complexity index is 982. The zero-order valence-corrected chi connectivity index (χ0v) is 17.6. The third kappa shape index (κ3) is 3.92. The summed E-state index contributed by atoms with van der Waals surface area (Å²) in [5.41, 5.74) is 1.97. The Balaban J connectivity index is 2.08. The van der Waals surface area contributed by atoms with E-state index in [1.54, 1.807) is 41.9 Å². The quantitative estimate of drug-likeness (QED) is 0.627. The molecule has 0 radical (unpaired) electrons. The van der Waals surface area contributed by atoms with Crippen LogP contribution in [-0.4, -0.2) is 59.9 Å². The van der Waals surface area contributed by atoms with Crippen molar-refractivity contribution >= 4 is 44.2 Å². The van der Waals surface area contributed by atoms with E-state index in [2.05, 4.69) is 10.1 Å². The van der Waals surface area contributed by atoms with Gasteiger partial charge in [-0.15, -0.1) is 0 Å². The standard InChI is InChI=1S/C18H22ClN5O2S/c1-11-10-13(23(4)21-11)17(25)24(9-8-22(2)3)18-20-15-14(26-5)7-6-12(19)16(15)27-18/h6-7,10H,8-9H2,1-5H3. The van der Waals surface area contributed by atoms with Crippen molar-refractivity contribution in [2.24, 2.45) is 7.05 Å². The minimum absolute atomic E-state index is 0.144. The first-order valence-corrected chi connectivity index (χ1v) is 9.61. The van der Waals surface area contributed by atoms with Crippen LogP contribution in [0.25, 0.3) is 10.2 Å². The lowest BCUT2D eigenvalue weighted by molar-refractivity contribution is 0.0976. The second-order valence-corrected chi connectivity index (χ2v) is 7.86. The Morgan fingerprint density at radius 1 is 1.33 bits per heavy atom. The van der Waals surface area contributed by atoms with E-state index in [1.165, 1.54) is 11.3 Å². The van der Waals surface area contributed by atoms with Gasteiger partial charge in [0.15, 0.2) is 5.13 Å². The largest absolute Gasteiger partial charge is 0.494 e. The fraction of sp³-hybridized carbons (Fsp3) is 0.389. The van der Waals surface area contributed by atoms with E-state index in [9.17, 15) is 4.79 Å². The van der Waals surface area contributed by atoms with Crippen LogP contribution in [0.15, 0.2) is 18.2 Å². The maximum atomic E-state index is 13.3. The lowest BCUT2D eigenvalue weighted by Crippen LogP contribution is -2.37. The van der Waals surface area contributed by atoms with Crippen LogP contribution < -0.4 is 9.64 Å². The van der Waals surface area contributed by atoms with Gasteiger partial charge < -0.3 is 9.64 Å². The summed E-state index contributed by atoms with van der Waals surface area (Å²) >= 11 is 7.73. The molecule has 2 heterocycles. The number of benzene rings is 1. The maximum Gasteiger partial charge on any atom is 0.278 e. The highest BCUT2D eigenvalue weighted by Gasteiger charge is 2.25. The van der Waals surface area contributed by atoms with Crippen molar-refractivity contribution in [1.82, 2.24) is 19.7 Å². The van der Waals surface area contributed by atoms with Crippen LogP contribution in [-0.2, 0) is 7.05 Å². The zero-order chi connectivity index (χ0) is 19.7. The number of fused-ring (bicyclic) bond motifs is 1. The molecular formula is C18H22ClN5O2S. The Morgan fingerprint density at radius 2 is 2.07 bits per heavy atom. The summed E-state index contributed by atoms with van der Waals surface area (Å²) in [6.07, 6.45) is 0. The van der Waals surface area contributed by atoms with Gasteiger partial charge in [0.1, 0.15) is 17.0 Å². The second-order valence-electron chi connectivity index (χ2n) is 6.48. The van der Waals surface area contributed by atoms with Gasteiger partial charge in [-0.25, -0.2) is 4.98 Å². The van der Waals surface area contributed by atoms with Gasteiger partial charge in [-0.3, -0.25) is 14.4 Å². The Morgan fingerprint density at radius 3 is 2.67 bits per heavy atom. The summed E-state index contributed by atoms with van der Waals surface area (Å²) in [5, 5.41) is 5.46. The predicted molar refractivity (Wildman–Crippen MR) is 109 cm³/mol. The lowest BCUT2D eigenvalue weighted by atomic mass is 10.3. The first-order valence-electron chi connectivity index (χ1n) is 8.42. The number of aryl methyl sites for hydroxylation is 2. The highest BCUT2D eigenvalue weighted by Crippen LogP contribution is 2.39. The van der Waals surface area contributed by atoms with E-state index < -0.39 is 0 Å². The van der Waals surface area contributed by atoms with Crippen LogP contribution in [0, 0.1) is 6.92 Å². The number of likely N-dealkylation sites (N-methyl/N-ethyl adjacent to an activating group) is 1. The molecule has 3 rings (SSSR count). The molecule has 9 heteroatoms. The van der Waals surface area contributed by atoms with Gasteiger partial charge in [0, 0.05) is 20.1 Å². The fourth-order valence-corrected chi connectivity index (χ4v) is 4.04. The van der Waals surface area contributed by atoms with Gasteiger partial charge in [0.25, 0.3) is 5.91 Å². The van der Waals surface area contributed by atoms with Crippen LogP contribution in [0.4, 0.5) is 5.13 Å². The summed E-state index contributed by atoms with van der Waals surface area (Å²) in [6.45, 7) is 3.06. The summed E-state index contributed by atoms with van der Waals surface area (Å²) < 4.78 is 7.80. The van der Waals surface area contributed by atoms with Crippen LogP contribution in [0.5, 0.6) is 5.75 Å². The molecule has 0 aliphatic heterocycles. The molecule has 0 aliphatic carbocycles. The van der Waals surface area contributed by atoms with Crippen molar-refractivity contribution in [1.29, 1.82) is 0 Å². The number of methoxy groups -OCH3 is 1. The molecule has 144 valence electrons. The number of aromatic nitrogens is 3. The Hall–Kier alpha value is -2.16. The third-order valence-electron chi connectivity index (χ3n) is 4.14. The van der Waals surface area contributed by atoms with Gasteiger partial charge in [-0.1, -0.05) is 22.9 Å². The van der Waals surface area contributed by atoms with E-state index >= 15 is 0 Å². The van der Waals surface area contributed by atoms with Crippen molar-refractivity contribution in [3.05, 3.63) is 34.6 Å². The monoisotopic (exact) mass is 407 g/mol. The smallest absolute Gasteiger partial charge is 0.278 e. The minimum atomic E-state index is -0.144. The molecule has 0 saturated heterocycles. The molecule has 0 saturated carbocycles. The predicted octanol–water partition coefficient (Wildman–Crippen LogP) is 3.21. The molecule has 0 bridgehead atoms. The van der Waals surface area contributed by atoms with E-state index in [0.29, 0.717) is 40.2 Å². The van der Waals surface area contributed by atoms with Crippen LogP contribution >= 0.6 is 22.9 Å². The number of halogens is 1. The lowest BCUT2D eigenvalue weighted by Gasteiger charge is -2.21. The summed E-state index contributed by atoms with van der Waals surface area (Å²) in [5.74, 6) is 0.488. The molecule has 0 aliphatic rings. The number of carbonyl (C=O) groups excluding carboxylic acids is 1. The molecule has 7 nitrogen and oxygen atoms in total. The number of rotatable bonds is 6. The number of anilines is 1. The highest BCUT2D eigenvalue weighted by atomic mass is 35.5. The van der Waals surface area contributed by atoms with Gasteiger partial charge in [0.05, 0.1) is 22.5 Å². The number of nitrogens with zero attached hydrogens (tertiary/aromatic N) is 5. The number of thiazole rings is 1. The Kier molecular flexibility index (Phi) is 5.69. The topological polar surface area (TPSA) is 63.5 Å². The molecule has 1 amide bonds. The molecule has 3 aromatic rings. The molecule has 0 N–H and O–H groups in total. The Labute approximate surface area is 167 Å². The molecule has 0 fully saturated rings. The van der Waals surface area contributed by atoms with Crippen molar-refractivity contribution in [2.75, 3.05) is 39.2 Å². The number of carbonyl (C=O) groups is 1. The third-order valence-corrected chi connectivity index (χ3v) is 5.67. The van der Waals surface area contributed by atoms with Crippen LogP contribution in [0.3, 0.4) is 0 Å². The van der Waals surface area contributed by atoms with Crippen molar-refractivity contribution in [3.63, 3.8) is 0 Å². The first kappa shape index (κ1) is 19.6. The SMILES string of the molecule is COc1ccc(Cl)c2sc(N(CCN(C)C)C(=O)c3cc(C)nn3C)nc12. The van der Waals surface area contributed by atoms with Crippen LogP contribution in [0.2, 0.25) is 5.02 Å². The summed E-state index contributed by atoms with van der Waals surface area (Å²) in [4.78, 5) is 21.6. The molecular weight excluding hydrogens is 386 g/mol. The van der Waals surface area contributed by atoms with Gasteiger partial charge in [-0.05, 0) is 39.2 Å². The average molecular weight is 408 g/mol. The van der Waals surface area contributed by atoms with Gasteiger partial charge in [-0.2, -0.15) is 5.10 Å². The summed E-state index contributed by atoms with van der Waals surface area (Å²) in [7, 11) is 7.29. The van der Waals surface area contributed by atoms with E-state index in [1.807, 2.05) is 25.9 Å². The highest BCUT2D eigenvalue weighted by molar-refractivity contribution is 7.23. The molecule has 1 aromatic carbocycles. The van der Waals surface area contributed by atoms with Gasteiger partial charge in [0.2, 0.25) is 0 Å².